The number of halogens is 1. The van der Waals surface area contributed by atoms with Crippen LogP contribution >= 0.6 is 0 Å². The normalized spacial score (nSPS) is 14.4. The standard InChI is InChI=1S/C8H10N4O.ClH/c1-6-3-2-4-7(5-6)12-10-8(9)13-11-12;/h2-5,11H,1H3,(H2,9,10);1H. The third kappa shape index (κ3) is 2.07. The van der Waals surface area contributed by atoms with Crippen molar-refractivity contribution in [2.45, 2.75) is 6.92 Å². The Morgan fingerprint density at radius 3 is 2.86 bits per heavy atom. The maximum atomic E-state index is 5.36. The molecule has 14 heavy (non-hydrogen) atoms. The molecule has 1 aliphatic rings. The molecule has 4 N–H and O–H groups in total. The lowest BCUT2D eigenvalue weighted by Crippen LogP contribution is -3.00. The highest BCUT2D eigenvalue weighted by Gasteiger charge is 2.18. The van der Waals surface area contributed by atoms with Crippen molar-refractivity contribution >= 4 is 11.7 Å². The fourth-order valence-corrected chi connectivity index (χ4v) is 1.15. The lowest BCUT2D eigenvalue weighted by Gasteiger charge is -2.06. The van der Waals surface area contributed by atoms with Crippen molar-refractivity contribution < 1.29 is 22.8 Å². The van der Waals surface area contributed by atoms with E-state index in [1.807, 2.05) is 31.2 Å². The highest BCUT2D eigenvalue weighted by molar-refractivity contribution is 5.72. The average Bonchev–Trinajstić information content (AvgIpc) is 2.52. The molecule has 0 aromatic heterocycles. The van der Waals surface area contributed by atoms with E-state index in [0.717, 1.165) is 5.69 Å². The third-order valence-electron chi connectivity index (χ3n) is 1.75. The van der Waals surface area contributed by atoms with Gasteiger partial charge in [0.1, 0.15) is 5.69 Å². The third-order valence-corrected chi connectivity index (χ3v) is 1.75. The topological polar surface area (TPSA) is 67.5 Å². The number of benzene rings is 1. The van der Waals surface area contributed by atoms with Gasteiger partial charge in [-0.3, -0.25) is 0 Å². The van der Waals surface area contributed by atoms with Crippen LogP contribution in [0.1, 0.15) is 5.56 Å². The summed E-state index contributed by atoms with van der Waals surface area (Å²) >= 11 is 0. The Labute approximate surface area is 87.9 Å². The first kappa shape index (κ1) is 10.6. The van der Waals surface area contributed by atoms with Crippen LogP contribution in [-0.4, -0.2) is 6.02 Å². The van der Waals surface area contributed by atoms with Gasteiger partial charge in [0.2, 0.25) is 0 Å². The Hall–Kier alpha value is -1.46. The van der Waals surface area contributed by atoms with Crippen molar-refractivity contribution in [1.29, 1.82) is 0 Å². The van der Waals surface area contributed by atoms with Gasteiger partial charge in [-0.1, -0.05) is 22.4 Å². The molecule has 0 aliphatic carbocycles. The molecule has 0 bridgehead atoms. The number of aryl methyl sites for hydroxylation is 1. The minimum absolute atomic E-state index is 0. The van der Waals surface area contributed by atoms with Crippen molar-refractivity contribution in [3.8, 4) is 0 Å². The van der Waals surface area contributed by atoms with Crippen LogP contribution in [0.15, 0.2) is 29.4 Å². The average molecular weight is 215 g/mol. The van der Waals surface area contributed by atoms with Crippen LogP contribution in [0.2, 0.25) is 0 Å². The molecule has 1 aromatic carbocycles. The van der Waals surface area contributed by atoms with Gasteiger partial charge in [0.05, 0.1) is 0 Å². The lowest BCUT2D eigenvalue weighted by molar-refractivity contribution is -0.868. The Morgan fingerprint density at radius 1 is 1.50 bits per heavy atom. The minimum Gasteiger partial charge on any atom is -1.00 e. The predicted molar refractivity (Wildman–Crippen MR) is 48.3 cm³/mol. The molecule has 0 atom stereocenters. The summed E-state index contributed by atoms with van der Waals surface area (Å²) in [7, 11) is 0. The Morgan fingerprint density at radius 2 is 2.29 bits per heavy atom. The summed E-state index contributed by atoms with van der Waals surface area (Å²) in [5.74, 6) is 0. The lowest BCUT2D eigenvalue weighted by atomic mass is 10.2. The zero-order chi connectivity index (χ0) is 9.26. The monoisotopic (exact) mass is 214 g/mol. The molecule has 6 heteroatoms. The van der Waals surface area contributed by atoms with E-state index in [2.05, 4.69) is 5.10 Å². The van der Waals surface area contributed by atoms with E-state index >= 15 is 0 Å². The van der Waals surface area contributed by atoms with Gasteiger partial charge in [-0.25, -0.2) is 4.84 Å². The summed E-state index contributed by atoms with van der Waals surface area (Å²) in [5, 5.41) is 5.55. The maximum absolute atomic E-state index is 5.36. The quantitative estimate of drug-likeness (QED) is 0.476. The predicted octanol–water partition coefficient (Wildman–Crippen LogP) is -3.54. The number of nitrogens with zero attached hydrogens (tertiary/aromatic N) is 2. The second kappa shape index (κ2) is 4.17. The van der Waals surface area contributed by atoms with E-state index in [9.17, 15) is 0 Å². The zero-order valence-electron chi connectivity index (χ0n) is 7.64. The molecule has 76 valence electrons. The van der Waals surface area contributed by atoms with Crippen molar-refractivity contribution in [3.63, 3.8) is 0 Å². The molecule has 1 heterocycles. The number of rotatable bonds is 1. The molecule has 0 saturated carbocycles. The fourth-order valence-electron chi connectivity index (χ4n) is 1.15. The zero-order valence-corrected chi connectivity index (χ0v) is 8.40. The van der Waals surface area contributed by atoms with E-state index in [1.165, 1.54) is 11.2 Å². The summed E-state index contributed by atoms with van der Waals surface area (Å²) < 4.78 is 0. The van der Waals surface area contributed by atoms with Crippen molar-refractivity contribution in [1.82, 2.24) is 0 Å². The number of hydrogen-bond donors (Lipinski definition) is 2. The molecule has 0 spiro atoms. The number of hydrazone groups is 1. The molecule has 2 rings (SSSR count). The smallest absolute Gasteiger partial charge is 0.374 e. The largest absolute Gasteiger partial charge is 1.00 e. The van der Waals surface area contributed by atoms with Gasteiger partial charge >= 0.3 is 6.02 Å². The molecule has 1 aromatic rings. The van der Waals surface area contributed by atoms with Gasteiger partial charge < -0.3 is 18.1 Å². The minimum atomic E-state index is 0. The Bertz CT molecular complexity index is 355. The summed E-state index contributed by atoms with van der Waals surface area (Å²) in [4.78, 5) is 4.89. The molecule has 0 saturated heterocycles. The van der Waals surface area contributed by atoms with Gasteiger partial charge in [-0.2, -0.15) is 0 Å². The fraction of sp³-hybridized carbons (Fsp3) is 0.125. The van der Waals surface area contributed by atoms with Crippen LogP contribution in [0, 0.1) is 6.92 Å². The SMILES string of the molecule is Cc1cccc(N2N=C(N)O[NH2+]2)c1.[Cl-]. The first-order valence-electron chi connectivity index (χ1n) is 3.96. The van der Waals surface area contributed by atoms with Crippen molar-refractivity contribution in [2.75, 3.05) is 5.12 Å². The van der Waals surface area contributed by atoms with Crippen LogP contribution in [0.5, 0.6) is 0 Å². The van der Waals surface area contributed by atoms with Crippen molar-refractivity contribution in [3.05, 3.63) is 29.8 Å². The maximum Gasteiger partial charge on any atom is 0.374 e. The molecular formula is C8H11ClN4O. The van der Waals surface area contributed by atoms with Gasteiger partial charge in [0.15, 0.2) is 0 Å². The summed E-state index contributed by atoms with van der Waals surface area (Å²) in [6.45, 7) is 2.02. The molecule has 1 aliphatic heterocycles. The second-order valence-electron chi connectivity index (χ2n) is 2.85. The van der Waals surface area contributed by atoms with Gasteiger partial charge in [-0.15, -0.1) is 0 Å². The highest BCUT2D eigenvalue weighted by Crippen LogP contribution is 2.13. The van der Waals surface area contributed by atoms with Crippen LogP contribution in [0.4, 0.5) is 5.69 Å². The van der Waals surface area contributed by atoms with Crippen LogP contribution in [0.3, 0.4) is 0 Å². The second-order valence-corrected chi connectivity index (χ2v) is 2.85. The first-order valence-corrected chi connectivity index (χ1v) is 3.96. The Kier molecular flexibility index (Phi) is 3.16. The molecule has 0 radical (unpaired) electrons. The molecule has 5 nitrogen and oxygen atoms in total. The number of anilines is 1. The van der Waals surface area contributed by atoms with E-state index < -0.39 is 0 Å². The van der Waals surface area contributed by atoms with Crippen LogP contribution in [-0.2, 0) is 4.84 Å². The molecule has 0 amide bonds. The Balaban J connectivity index is 0.000000980. The number of amidine groups is 1. The van der Waals surface area contributed by atoms with E-state index in [4.69, 9.17) is 10.6 Å². The van der Waals surface area contributed by atoms with E-state index in [-0.39, 0.29) is 18.4 Å². The molecule has 0 fully saturated rings. The van der Waals surface area contributed by atoms with Gasteiger partial charge in [0, 0.05) is 0 Å². The van der Waals surface area contributed by atoms with Crippen LogP contribution in [0.25, 0.3) is 0 Å². The number of hydrogen-bond acceptors (Lipinski definition) is 4. The first-order chi connectivity index (χ1) is 6.25. The van der Waals surface area contributed by atoms with Gasteiger partial charge in [0.25, 0.3) is 0 Å². The van der Waals surface area contributed by atoms with Crippen LogP contribution < -0.4 is 28.8 Å². The van der Waals surface area contributed by atoms with Crippen molar-refractivity contribution in [2.24, 2.45) is 10.8 Å². The van der Waals surface area contributed by atoms with E-state index in [1.54, 1.807) is 5.12 Å². The summed E-state index contributed by atoms with van der Waals surface area (Å²) in [5.41, 5.74) is 8.95. The van der Waals surface area contributed by atoms with Gasteiger partial charge in [-0.05, 0) is 30.2 Å². The summed E-state index contributed by atoms with van der Waals surface area (Å²) in [6.07, 6.45) is 0. The summed E-state index contributed by atoms with van der Waals surface area (Å²) in [6, 6.07) is 8.09. The molecular weight excluding hydrogens is 204 g/mol. The number of quaternary nitrogens is 1. The highest BCUT2D eigenvalue weighted by atomic mass is 35.5. The van der Waals surface area contributed by atoms with E-state index in [0.29, 0.717) is 0 Å². The number of nitrogens with two attached hydrogens (primary N) is 2. The molecule has 0 unspecified atom stereocenters.